The van der Waals surface area contributed by atoms with E-state index in [2.05, 4.69) is 148 Å². The maximum Gasteiger partial charge on any atom is 0.113 e. The molecule has 2 heteroatoms. The standard InChI is InChI=1S/C41H32Si2/c1-42(2)37-19-11-7-15-27(37)31-21-35-29(23-39(31)42)25-13-5-9-17-33(25)41(35)34-18-10-6-14-26(34)30-24-40-32(22-36(30)41)28-16-8-12-20-38(28)43(40,3)4/h5-24H,1-4H3. The fourth-order valence-corrected chi connectivity index (χ4v) is 15.7. The number of benzene rings is 6. The summed E-state index contributed by atoms with van der Waals surface area (Å²) in [5, 5.41) is 6.32. The molecule has 4 aliphatic rings. The molecule has 0 bridgehead atoms. The van der Waals surface area contributed by atoms with Crippen LogP contribution < -0.4 is 20.7 Å². The van der Waals surface area contributed by atoms with Gasteiger partial charge in [0.2, 0.25) is 0 Å². The normalized spacial score (nSPS) is 17.4. The molecule has 43 heavy (non-hydrogen) atoms. The summed E-state index contributed by atoms with van der Waals surface area (Å²) in [7, 11) is -3.61. The molecule has 0 saturated carbocycles. The van der Waals surface area contributed by atoms with Crippen LogP contribution in [0.1, 0.15) is 22.3 Å². The van der Waals surface area contributed by atoms with Gasteiger partial charge in [-0.25, -0.2) is 0 Å². The summed E-state index contributed by atoms with van der Waals surface area (Å²) in [5.41, 5.74) is 17.0. The maximum absolute atomic E-state index is 2.62. The van der Waals surface area contributed by atoms with Gasteiger partial charge in [-0.15, -0.1) is 0 Å². The second-order valence-electron chi connectivity index (χ2n) is 14.1. The van der Waals surface area contributed by atoms with Crippen LogP contribution in [0.5, 0.6) is 0 Å². The highest BCUT2D eigenvalue weighted by molar-refractivity contribution is 7.04. The molecule has 0 amide bonds. The van der Waals surface area contributed by atoms with E-state index in [1.165, 1.54) is 66.8 Å². The lowest BCUT2D eigenvalue weighted by molar-refractivity contribution is 0.795. The van der Waals surface area contributed by atoms with E-state index in [-0.39, 0.29) is 5.41 Å². The second-order valence-corrected chi connectivity index (χ2v) is 22.7. The summed E-state index contributed by atoms with van der Waals surface area (Å²) in [5.74, 6) is 0. The molecule has 0 saturated heterocycles. The summed E-state index contributed by atoms with van der Waals surface area (Å²) in [6.07, 6.45) is 0. The van der Waals surface area contributed by atoms with Gasteiger partial charge in [0.05, 0.1) is 5.41 Å². The van der Waals surface area contributed by atoms with Crippen LogP contribution in [0.2, 0.25) is 26.2 Å². The zero-order valence-electron chi connectivity index (χ0n) is 25.0. The first kappa shape index (κ1) is 24.2. The molecule has 6 aromatic rings. The SMILES string of the molecule is C[Si]1(C)c2ccccc2-c2cc3c(cc21)-c1ccccc1C31c2ccccc2-c2cc3c(cc21)-c1ccccc1[Si]3(C)C. The van der Waals surface area contributed by atoms with Crippen molar-refractivity contribution in [1.82, 2.24) is 0 Å². The van der Waals surface area contributed by atoms with Crippen LogP contribution >= 0.6 is 0 Å². The molecule has 0 N–H and O–H groups in total. The predicted molar refractivity (Wildman–Crippen MR) is 187 cm³/mol. The molecule has 2 aliphatic heterocycles. The molecule has 0 aromatic heterocycles. The number of rotatable bonds is 0. The Morgan fingerprint density at radius 3 is 1.14 bits per heavy atom. The molecule has 2 heterocycles. The molecule has 6 aromatic carbocycles. The Labute approximate surface area is 255 Å². The van der Waals surface area contributed by atoms with Crippen LogP contribution in [-0.2, 0) is 5.41 Å². The van der Waals surface area contributed by atoms with Crippen molar-refractivity contribution >= 4 is 36.9 Å². The Kier molecular flexibility index (Phi) is 4.30. The third-order valence-electron chi connectivity index (χ3n) is 11.5. The monoisotopic (exact) mass is 580 g/mol. The van der Waals surface area contributed by atoms with Gasteiger partial charge in [0.25, 0.3) is 0 Å². The minimum Gasteiger partial charge on any atom is -0.0623 e. The average molecular weight is 581 g/mol. The first-order chi connectivity index (χ1) is 20.8. The van der Waals surface area contributed by atoms with Gasteiger partial charge in [-0.3, -0.25) is 0 Å². The molecule has 1 spiro atoms. The highest BCUT2D eigenvalue weighted by Crippen LogP contribution is 2.63. The van der Waals surface area contributed by atoms with Crippen LogP contribution in [0.3, 0.4) is 0 Å². The minimum atomic E-state index is -1.81. The lowest BCUT2D eigenvalue weighted by atomic mass is 9.70. The highest BCUT2D eigenvalue weighted by Gasteiger charge is 2.54. The van der Waals surface area contributed by atoms with Gasteiger partial charge in [-0.1, -0.05) is 135 Å². The Morgan fingerprint density at radius 1 is 0.326 bits per heavy atom. The Morgan fingerprint density at radius 2 is 0.698 bits per heavy atom. The topological polar surface area (TPSA) is 0 Å². The van der Waals surface area contributed by atoms with Crippen molar-refractivity contribution in [2.45, 2.75) is 31.6 Å². The van der Waals surface area contributed by atoms with Crippen LogP contribution in [-0.4, -0.2) is 16.1 Å². The Balaban J connectivity index is 1.37. The molecule has 10 rings (SSSR count). The number of hydrogen-bond acceptors (Lipinski definition) is 0. The van der Waals surface area contributed by atoms with Gasteiger partial charge in [-0.2, -0.15) is 0 Å². The van der Waals surface area contributed by atoms with Gasteiger partial charge in [-0.05, 0) is 99.6 Å². The molecular formula is C41H32Si2. The zero-order chi connectivity index (χ0) is 28.9. The fraction of sp³-hybridized carbons (Fsp3) is 0.122. The summed E-state index contributed by atoms with van der Waals surface area (Å²) < 4.78 is 0. The van der Waals surface area contributed by atoms with Crippen molar-refractivity contribution in [1.29, 1.82) is 0 Å². The predicted octanol–water partition coefficient (Wildman–Crippen LogP) is 7.64. The smallest absolute Gasteiger partial charge is 0.0623 e. The quantitative estimate of drug-likeness (QED) is 0.162. The second kappa shape index (κ2) is 7.63. The summed E-state index contributed by atoms with van der Waals surface area (Å²) in [6, 6.07) is 47.5. The van der Waals surface area contributed by atoms with E-state index in [9.17, 15) is 0 Å². The largest absolute Gasteiger partial charge is 0.113 e. The molecule has 0 unspecified atom stereocenters. The molecule has 0 fully saturated rings. The summed E-state index contributed by atoms with van der Waals surface area (Å²) in [4.78, 5) is 0. The average Bonchev–Trinajstić information content (AvgIpc) is 3.65. The third-order valence-corrected chi connectivity index (χ3v) is 18.6. The number of fused-ring (bicyclic) bond motifs is 16. The van der Waals surface area contributed by atoms with E-state index in [0.29, 0.717) is 0 Å². The third kappa shape index (κ3) is 2.62. The van der Waals surface area contributed by atoms with Crippen molar-refractivity contribution in [3.8, 4) is 44.5 Å². The molecule has 0 nitrogen and oxygen atoms in total. The van der Waals surface area contributed by atoms with Crippen molar-refractivity contribution in [2.75, 3.05) is 0 Å². The van der Waals surface area contributed by atoms with Gasteiger partial charge >= 0.3 is 0 Å². The lowest BCUT2D eigenvalue weighted by Gasteiger charge is -2.31. The summed E-state index contributed by atoms with van der Waals surface area (Å²) in [6.45, 7) is 10.1. The van der Waals surface area contributed by atoms with Gasteiger partial charge < -0.3 is 0 Å². The van der Waals surface area contributed by atoms with Crippen molar-refractivity contribution in [2.24, 2.45) is 0 Å². The van der Waals surface area contributed by atoms with Crippen LogP contribution in [0.25, 0.3) is 44.5 Å². The van der Waals surface area contributed by atoms with Crippen molar-refractivity contribution in [3.63, 3.8) is 0 Å². The van der Waals surface area contributed by atoms with E-state index >= 15 is 0 Å². The zero-order valence-corrected chi connectivity index (χ0v) is 27.0. The Bertz CT molecular complexity index is 2090. The van der Waals surface area contributed by atoms with Crippen molar-refractivity contribution < 1.29 is 0 Å². The first-order valence-electron chi connectivity index (χ1n) is 15.6. The minimum absolute atomic E-state index is 0.325. The number of hydrogen-bond donors (Lipinski definition) is 0. The van der Waals surface area contributed by atoms with Gasteiger partial charge in [0.1, 0.15) is 16.1 Å². The molecule has 0 radical (unpaired) electrons. The van der Waals surface area contributed by atoms with Crippen LogP contribution in [0, 0.1) is 0 Å². The first-order valence-corrected chi connectivity index (χ1v) is 21.6. The highest BCUT2D eigenvalue weighted by atomic mass is 28.3. The van der Waals surface area contributed by atoms with Gasteiger partial charge in [0, 0.05) is 0 Å². The van der Waals surface area contributed by atoms with Gasteiger partial charge in [0.15, 0.2) is 0 Å². The van der Waals surface area contributed by atoms with E-state index in [4.69, 9.17) is 0 Å². The molecule has 2 aliphatic carbocycles. The lowest BCUT2D eigenvalue weighted by Crippen LogP contribution is -2.49. The van der Waals surface area contributed by atoms with E-state index in [0.717, 1.165) is 0 Å². The maximum atomic E-state index is 2.62. The van der Waals surface area contributed by atoms with Crippen LogP contribution in [0.4, 0.5) is 0 Å². The Hall–Kier alpha value is -4.25. The van der Waals surface area contributed by atoms with Crippen molar-refractivity contribution in [3.05, 3.63) is 144 Å². The molecular weight excluding hydrogens is 549 g/mol. The van der Waals surface area contributed by atoms with E-state index in [1.807, 2.05) is 0 Å². The molecule has 204 valence electrons. The van der Waals surface area contributed by atoms with Crippen LogP contribution in [0.15, 0.2) is 121 Å². The van der Waals surface area contributed by atoms with E-state index in [1.54, 1.807) is 20.7 Å². The van der Waals surface area contributed by atoms with E-state index < -0.39 is 16.1 Å². The summed E-state index contributed by atoms with van der Waals surface area (Å²) >= 11 is 0. The fourth-order valence-electron chi connectivity index (χ4n) is 9.52. The molecule has 0 atom stereocenters.